The van der Waals surface area contributed by atoms with Crippen molar-refractivity contribution in [2.45, 2.75) is 31.3 Å². The zero-order valence-corrected chi connectivity index (χ0v) is 24.0. The second-order valence-corrected chi connectivity index (χ2v) is 11.3. The van der Waals surface area contributed by atoms with Crippen molar-refractivity contribution in [3.05, 3.63) is 120 Å². The van der Waals surface area contributed by atoms with Crippen LogP contribution in [0.4, 0.5) is 0 Å². The molecule has 1 aromatic heterocycles. The van der Waals surface area contributed by atoms with Crippen LogP contribution in [0.1, 0.15) is 31.9 Å². The number of thioether (sulfide) groups is 1. The van der Waals surface area contributed by atoms with E-state index in [0.29, 0.717) is 10.9 Å². The fourth-order valence-corrected chi connectivity index (χ4v) is 4.85. The maximum atomic E-state index is 12.6. The molecule has 206 valence electrons. The molecule has 4 aromatic carbocycles. The summed E-state index contributed by atoms with van der Waals surface area (Å²) in [5.41, 5.74) is 6.58. The number of nitrogens with one attached hydrogen (secondary N) is 1. The molecule has 0 unspecified atom stereocenters. The Bertz CT molecular complexity index is 1630. The predicted octanol–water partition coefficient (Wildman–Crippen LogP) is 7.27. The number of hydrogen-bond donors (Lipinski definition) is 1. The highest BCUT2D eigenvalue weighted by Crippen LogP contribution is 2.30. The van der Waals surface area contributed by atoms with E-state index in [1.165, 1.54) is 17.3 Å². The van der Waals surface area contributed by atoms with Crippen molar-refractivity contribution in [1.82, 2.24) is 20.2 Å². The van der Waals surface area contributed by atoms with Gasteiger partial charge in [-0.05, 0) is 52.9 Å². The van der Waals surface area contributed by atoms with E-state index in [4.69, 9.17) is 4.74 Å². The lowest BCUT2D eigenvalue weighted by molar-refractivity contribution is -0.118. The molecule has 0 saturated heterocycles. The summed E-state index contributed by atoms with van der Waals surface area (Å²) in [4.78, 5) is 12.6. The first-order valence-corrected chi connectivity index (χ1v) is 14.2. The topological polar surface area (TPSA) is 81.4 Å². The third kappa shape index (κ3) is 7.29. The molecule has 41 heavy (non-hydrogen) atoms. The summed E-state index contributed by atoms with van der Waals surface area (Å²) >= 11 is 1.31. The van der Waals surface area contributed by atoms with E-state index in [9.17, 15) is 4.79 Å². The molecule has 0 bridgehead atoms. The first-order valence-electron chi connectivity index (χ1n) is 13.3. The van der Waals surface area contributed by atoms with Crippen molar-refractivity contribution < 1.29 is 9.53 Å². The number of benzene rings is 4. The molecule has 0 saturated carbocycles. The number of ether oxygens (including phenoxy) is 1. The summed E-state index contributed by atoms with van der Waals surface area (Å²) in [7, 11) is 0. The molecule has 0 aliphatic heterocycles. The average Bonchev–Trinajstić information content (AvgIpc) is 3.41. The summed E-state index contributed by atoms with van der Waals surface area (Å²) < 4.78 is 7.85. The largest absolute Gasteiger partial charge is 0.457 e. The van der Waals surface area contributed by atoms with Crippen molar-refractivity contribution >= 4 is 23.9 Å². The second kappa shape index (κ2) is 12.7. The van der Waals surface area contributed by atoms with Crippen LogP contribution in [0.15, 0.2) is 119 Å². The molecule has 0 spiro atoms. The minimum Gasteiger partial charge on any atom is -0.457 e. The Hall–Kier alpha value is -4.69. The molecular formula is C33H31N5O2S. The zero-order valence-electron chi connectivity index (χ0n) is 23.2. The molecule has 1 N–H and O–H groups in total. The van der Waals surface area contributed by atoms with E-state index < -0.39 is 0 Å². The highest BCUT2D eigenvalue weighted by molar-refractivity contribution is 7.99. The van der Waals surface area contributed by atoms with Gasteiger partial charge < -0.3 is 4.74 Å². The third-order valence-corrected chi connectivity index (χ3v) is 7.16. The van der Waals surface area contributed by atoms with Crippen molar-refractivity contribution in [1.29, 1.82) is 0 Å². The molecule has 0 aliphatic rings. The van der Waals surface area contributed by atoms with E-state index in [0.717, 1.165) is 28.4 Å². The summed E-state index contributed by atoms with van der Waals surface area (Å²) in [5.74, 6) is 2.03. The summed E-state index contributed by atoms with van der Waals surface area (Å²) in [6, 6.07) is 35.3. The van der Waals surface area contributed by atoms with Crippen molar-refractivity contribution in [3.8, 4) is 28.6 Å². The number of hydrazone groups is 1. The summed E-state index contributed by atoms with van der Waals surface area (Å²) in [6.45, 7) is 6.57. The van der Waals surface area contributed by atoms with Gasteiger partial charge in [0.05, 0.1) is 12.0 Å². The Morgan fingerprint density at radius 3 is 2.27 bits per heavy atom. The summed E-state index contributed by atoms with van der Waals surface area (Å²) in [5, 5.41) is 13.7. The Morgan fingerprint density at radius 1 is 0.878 bits per heavy atom. The monoisotopic (exact) mass is 561 g/mol. The zero-order chi connectivity index (χ0) is 28.7. The van der Waals surface area contributed by atoms with Gasteiger partial charge in [0, 0.05) is 11.3 Å². The standard InChI is InChI=1S/C33H31N5O2S/c1-33(2,3)26-19-17-25(18-20-26)31-36-37-32(38(31)27-12-6-4-7-13-27)41-23-30(39)35-34-22-24-11-10-16-29(21-24)40-28-14-8-5-9-15-28/h4-22H,23H2,1-3H3,(H,35,39). The van der Waals surface area contributed by atoms with Gasteiger partial charge in [0.15, 0.2) is 11.0 Å². The Kier molecular flexibility index (Phi) is 8.60. The quantitative estimate of drug-likeness (QED) is 0.116. The molecule has 0 aliphatic carbocycles. The maximum Gasteiger partial charge on any atom is 0.250 e. The Labute approximate surface area is 244 Å². The van der Waals surface area contributed by atoms with Gasteiger partial charge in [-0.2, -0.15) is 5.10 Å². The van der Waals surface area contributed by atoms with Gasteiger partial charge in [-0.3, -0.25) is 9.36 Å². The lowest BCUT2D eigenvalue weighted by Crippen LogP contribution is -2.20. The molecule has 1 heterocycles. The number of aromatic nitrogens is 3. The minimum atomic E-state index is -0.248. The normalized spacial score (nSPS) is 11.5. The number of carbonyl (C=O) groups is 1. The van der Waals surface area contributed by atoms with Gasteiger partial charge in [-0.25, -0.2) is 5.43 Å². The number of rotatable bonds is 9. The summed E-state index contributed by atoms with van der Waals surface area (Å²) in [6.07, 6.45) is 1.59. The lowest BCUT2D eigenvalue weighted by Gasteiger charge is -2.19. The van der Waals surface area contributed by atoms with Gasteiger partial charge in [0.1, 0.15) is 11.5 Å². The second-order valence-electron chi connectivity index (χ2n) is 10.4. The lowest BCUT2D eigenvalue weighted by atomic mass is 9.87. The molecule has 0 atom stereocenters. The van der Waals surface area contributed by atoms with Gasteiger partial charge in [0.2, 0.25) is 0 Å². The molecule has 7 nitrogen and oxygen atoms in total. The van der Waals surface area contributed by atoms with E-state index in [-0.39, 0.29) is 17.1 Å². The Balaban J connectivity index is 1.26. The van der Waals surface area contributed by atoms with Crippen LogP contribution in [-0.2, 0) is 10.2 Å². The van der Waals surface area contributed by atoms with Crippen LogP contribution in [0.5, 0.6) is 11.5 Å². The van der Waals surface area contributed by atoms with Crippen molar-refractivity contribution in [2.24, 2.45) is 5.10 Å². The van der Waals surface area contributed by atoms with Gasteiger partial charge >= 0.3 is 0 Å². The van der Waals surface area contributed by atoms with Crippen molar-refractivity contribution in [2.75, 3.05) is 5.75 Å². The number of amides is 1. The average molecular weight is 562 g/mol. The van der Waals surface area contributed by atoms with Crippen LogP contribution < -0.4 is 10.2 Å². The molecule has 5 aromatic rings. The molecule has 5 rings (SSSR count). The predicted molar refractivity (Wildman–Crippen MR) is 165 cm³/mol. The molecule has 0 radical (unpaired) electrons. The highest BCUT2D eigenvalue weighted by Gasteiger charge is 2.19. The van der Waals surface area contributed by atoms with E-state index in [2.05, 4.69) is 65.8 Å². The fraction of sp³-hybridized carbons (Fsp3) is 0.152. The highest BCUT2D eigenvalue weighted by atomic mass is 32.2. The fourth-order valence-electron chi connectivity index (χ4n) is 4.10. The van der Waals surface area contributed by atoms with Crippen LogP contribution >= 0.6 is 11.8 Å². The van der Waals surface area contributed by atoms with Crippen LogP contribution in [0.3, 0.4) is 0 Å². The number of nitrogens with zero attached hydrogens (tertiary/aromatic N) is 4. The maximum absolute atomic E-state index is 12.6. The number of carbonyl (C=O) groups excluding carboxylic acids is 1. The Morgan fingerprint density at radius 2 is 1.56 bits per heavy atom. The van der Waals surface area contributed by atoms with Gasteiger partial charge in [0.25, 0.3) is 5.91 Å². The minimum absolute atomic E-state index is 0.0568. The van der Waals surface area contributed by atoms with E-state index in [1.54, 1.807) is 6.21 Å². The van der Waals surface area contributed by atoms with E-state index >= 15 is 0 Å². The van der Waals surface area contributed by atoms with Crippen LogP contribution in [0.25, 0.3) is 17.1 Å². The molecule has 1 amide bonds. The smallest absolute Gasteiger partial charge is 0.250 e. The SMILES string of the molecule is CC(C)(C)c1ccc(-c2nnc(SCC(=O)NN=Cc3cccc(Oc4ccccc4)c3)n2-c2ccccc2)cc1. The third-order valence-electron chi connectivity index (χ3n) is 6.23. The first kappa shape index (κ1) is 27.9. The van der Waals surface area contributed by atoms with E-state index in [1.807, 2.05) is 89.5 Å². The van der Waals surface area contributed by atoms with Crippen LogP contribution in [0, 0.1) is 0 Å². The first-order chi connectivity index (χ1) is 19.9. The van der Waals surface area contributed by atoms with Crippen LogP contribution in [-0.4, -0.2) is 32.6 Å². The molecular weight excluding hydrogens is 530 g/mol. The molecule has 8 heteroatoms. The van der Waals surface area contributed by atoms with Gasteiger partial charge in [-0.15, -0.1) is 10.2 Å². The number of hydrogen-bond acceptors (Lipinski definition) is 6. The van der Waals surface area contributed by atoms with Gasteiger partial charge in [-0.1, -0.05) is 105 Å². The molecule has 0 fully saturated rings. The van der Waals surface area contributed by atoms with Crippen LogP contribution in [0.2, 0.25) is 0 Å². The number of para-hydroxylation sites is 2. The van der Waals surface area contributed by atoms with Crippen molar-refractivity contribution in [3.63, 3.8) is 0 Å².